The zero-order chi connectivity index (χ0) is 19.8. The summed E-state index contributed by atoms with van der Waals surface area (Å²) in [5, 5.41) is 8.72. The molecule has 0 fully saturated rings. The predicted octanol–water partition coefficient (Wildman–Crippen LogP) is 7.34. The summed E-state index contributed by atoms with van der Waals surface area (Å²) in [5.74, 6) is 0.000764. The van der Waals surface area contributed by atoms with Crippen molar-refractivity contribution in [3.63, 3.8) is 0 Å². The second-order valence-corrected chi connectivity index (χ2v) is 8.06. The zero-order valence-electron chi connectivity index (χ0n) is 18.3. The number of carbonyl (C=O) groups excluding carboxylic acids is 1. The average molecular weight is 385 g/mol. The molecule has 0 rings (SSSR count). The fraction of sp³-hybridized carbons (Fsp3) is 0.958. The Balaban J connectivity index is 3.13. The van der Waals surface area contributed by atoms with Crippen molar-refractivity contribution in [2.24, 2.45) is 0 Å². The molecule has 0 atom stereocenters. The maximum atomic E-state index is 11.7. The second kappa shape index (κ2) is 23.5. The van der Waals surface area contributed by atoms with Gasteiger partial charge in [0.25, 0.3) is 0 Å². The molecule has 0 bridgehead atoms. The number of hydrogen-bond acceptors (Lipinski definition) is 3. The van der Waals surface area contributed by atoms with Gasteiger partial charge in [0, 0.05) is 13.0 Å². The van der Waals surface area contributed by atoms with Crippen molar-refractivity contribution < 1.29 is 14.6 Å². The van der Waals surface area contributed by atoms with Crippen LogP contribution in [0.25, 0.3) is 0 Å². The molecule has 0 amide bonds. The standard InChI is InChI=1S/C24H48O3/c1-2-3-4-5-6-9-12-15-18-21-24(26)27-23-20-17-14-11-8-7-10-13-16-19-22-25/h25H,2-23H2,1H3. The van der Waals surface area contributed by atoms with Crippen LogP contribution in [0.2, 0.25) is 0 Å². The number of carbonyl (C=O) groups is 1. The van der Waals surface area contributed by atoms with Gasteiger partial charge in [-0.2, -0.15) is 0 Å². The van der Waals surface area contributed by atoms with E-state index in [0.29, 0.717) is 19.6 Å². The highest BCUT2D eigenvalue weighted by molar-refractivity contribution is 5.69. The molecule has 0 aromatic heterocycles. The van der Waals surface area contributed by atoms with Crippen molar-refractivity contribution in [1.82, 2.24) is 0 Å². The van der Waals surface area contributed by atoms with E-state index in [1.54, 1.807) is 0 Å². The van der Waals surface area contributed by atoms with E-state index in [4.69, 9.17) is 9.84 Å². The maximum absolute atomic E-state index is 11.7. The number of aliphatic hydroxyl groups is 1. The van der Waals surface area contributed by atoms with Gasteiger partial charge in [0.2, 0.25) is 0 Å². The van der Waals surface area contributed by atoms with Gasteiger partial charge in [-0.1, -0.05) is 110 Å². The molecule has 1 N–H and O–H groups in total. The Morgan fingerprint density at radius 3 is 1.48 bits per heavy atom. The largest absolute Gasteiger partial charge is 0.466 e. The van der Waals surface area contributed by atoms with E-state index >= 15 is 0 Å². The fourth-order valence-corrected chi connectivity index (χ4v) is 3.47. The van der Waals surface area contributed by atoms with Gasteiger partial charge < -0.3 is 9.84 Å². The fourth-order valence-electron chi connectivity index (χ4n) is 3.47. The normalized spacial score (nSPS) is 11.0. The van der Waals surface area contributed by atoms with Crippen LogP contribution in [0.4, 0.5) is 0 Å². The lowest BCUT2D eigenvalue weighted by Gasteiger charge is -2.05. The summed E-state index contributed by atoms with van der Waals surface area (Å²) in [6.07, 6.45) is 24.2. The first kappa shape index (κ1) is 26.4. The van der Waals surface area contributed by atoms with Gasteiger partial charge >= 0.3 is 5.97 Å². The second-order valence-electron chi connectivity index (χ2n) is 8.06. The van der Waals surface area contributed by atoms with Crippen LogP contribution in [0.5, 0.6) is 0 Å². The molecular formula is C24H48O3. The number of rotatable bonds is 22. The minimum atomic E-state index is 0.000764. The highest BCUT2D eigenvalue weighted by atomic mass is 16.5. The van der Waals surface area contributed by atoms with Crippen LogP contribution in [0.1, 0.15) is 135 Å². The van der Waals surface area contributed by atoms with Crippen LogP contribution in [0.15, 0.2) is 0 Å². The third kappa shape index (κ3) is 23.4. The van der Waals surface area contributed by atoms with Crippen molar-refractivity contribution in [2.45, 2.75) is 135 Å². The summed E-state index contributed by atoms with van der Waals surface area (Å²) in [4.78, 5) is 11.7. The molecule has 0 aliphatic heterocycles. The zero-order valence-corrected chi connectivity index (χ0v) is 18.3. The van der Waals surface area contributed by atoms with Crippen molar-refractivity contribution in [1.29, 1.82) is 0 Å². The topological polar surface area (TPSA) is 46.5 Å². The molecule has 27 heavy (non-hydrogen) atoms. The van der Waals surface area contributed by atoms with Crippen LogP contribution in [0.3, 0.4) is 0 Å². The molecule has 3 heteroatoms. The summed E-state index contributed by atoms with van der Waals surface area (Å²) in [6.45, 7) is 3.20. The maximum Gasteiger partial charge on any atom is 0.305 e. The SMILES string of the molecule is CCCCCCCCCCCC(=O)OCCCCCCCCCCCCO. The van der Waals surface area contributed by atoms with E-state index < -0.39 is 0 Å². The molecular weight excluding hydrogens is 336 g/mol. The van der Waals surface area contributed by atoms with Gasteiger partial charge in [-0.25, -0.2) is 0 Å². The highest BCUT2D eigenvalue weighted by Crippen LogP contribution is 2.12. The summed E-state index contributed by atoms with van der Waals surface area (Å²) >= 11 is 0. The Labute approximate surface area is 169 Å². The minimum absolute atomic E-state index is 0.000764. The van der Waals surface area contributed by atoms with Gasteiger partial charge in [0.1, 0.15) is 0 Å². The van der Waals surface area contributed by atoms with E-state index in [0.717, 1.165) is 19.3 Å². The molecule has 0 aliphatic carbocycles. The Bertz CT molecular complexity index is 291. The highest BCUT2D eigenvalue weighted by Gasteiger charge is 2.02. The van der Waals surface area contributed by atoms with E-state index in [1.807, 2.05) is 0 Å². The van der Waals surface area contributed by atoms with Gasteiger partial charge in [-0.05, 0) is 19.3 Å². The molecule has 0 unspecified atom stereocenters. The number of aliphatic hydroxyl groups excluding tert-OH is 1. The quantitative estimate of drug-likeness (QED) is 0.157. The molecule has 162 valence electrons. The lowest BCUT2D eigenvalue weighted by Crippen LogP contribution is -2.05. The third-order valence-corrected chi connectivity index (χ3v) is 5.30. The Morgan fingerprint density at radius 2 is 1.00 bits per heavy atom. The van der Waals surface area contributed by atoms with Crippen molar-refractivity contribution in [3.05, 3.63) is 0 Å². The van der Waals surface area contributed by atoms with E-state index in [1.165, 1.54) is 103 Å². The van der Waals surface area contributed by atoms with Crippen LogP contribution >= 0.6 is 0 Å². The van der Waals surface area contributed by atoms with Crippen LogP contribution < -0.4 is 0 Å². The molecule has 0 saturated carbocycles. The smallest absolute Gasteiger partial charge is 0.305 e. The average Bonchev–Trinajstić information content (AvgIpc) is 2.67. The monoisotopic (exact) mass is 384 g/mol. The predicted molar refractivity (Wildman–Crippen MR) is 116 cm³/mol. The molecule has 0 spiro atoms. The first-order valence-electron chi connectivity index (χ1n) is 12.1. The molecule has 0 aliphatic rings. The van der Waals surface area contributed by atoms with Gasteiger partial charge in [-0.15, -0.1) is 0 Å². The Hall–Kier alpha value is -0.570. The Kier molecular flexibility index (Phi) is 23.0. The summed E-state index contributed by atoms with van der Waals surface area (Å²) in [6, 6.07) is 0. The minimum Gasteiger partial charge on any atom is -0.466 e. The Morgan fingerprint density at radius 1 is 0.593 bits per heavy atom. The summed E-state index contributed by atoms with van der Waals surface area (Å²) in [5.41, 5.74) is 0. The summed E-state index contributed by atoms with van der Waals surface area (Å²) in [7, 11) is 0. The lowest BCUT2D eigenvalue weighted by molar-refractivity contribution is -0.143. The first-order chi connectivity index (χ1) is 13.3. The van der Waals surface area contributed by atoms with Crippen LogP contribution in [0, 0.1) is 0 Å². The molecule has 3 nitrogen and oxygen atoms in total. The van der Waals surface area contributed by atoms with Crippen LogP contribution in [-0.2, 0) is 9.53 Å². The number of unbranched alkanes of at least 4 members (excludes halogenated alkanes) is 17. The van der Waals surface area contributed by atoms with Crippen molar-refractivity contribution in [3.8, 4) is 0 Å². The molecule has 0 saturated heterocycles. The van der Waals surface area contributed by atoms with E-state index in [-0.39, 0.29) is 5.97 Å². The lowest BCUT2D eigenvalue weighted by atomic mass is 10.1. The molecule has 0 aromatic rings. The molecule has 0 heterocycles. The van der Waals surface area contributed by atoms with Gasteiger partial charge in [0.15, 0.2) is 0 Å². The number of esters is 1. The van der Waals surface area contributed by atoms with Gasteiger partial charge in [-0.3, -0.25) is 4.79 Å². The van der Waals surface area contributed by atoms with Gasteiger partial charge in [0.05, 0.1) is 6.61 Å². The first-order valence-corrected chi connectivity index (χ1v) is 12.1. The molecule has 0 radical (unpaired) electrons. The van der Waals surface area contributed by atoms with Crippen molar-refractivity contribution in [2.75, 3.05) is 13.2 Å². The third-order valence-electron chi connectivity index (χ3n) is 5.30. The number of hydrogen-bond donors (Lipinski definition) is 1. The van der Waals surface area contributed by atoms with Crippen molar-refractivity contribution >= 4 is 5.97 Å². The molecule has 0 aromatic carbocycles. The van der Waals surface area contributed by atoms with E-state index in [9.17, 15) is 4.79 Å². The van der Waals surface area contributed by atoms with Crippen LogP contribution in [-0.4, -0.2) is 24.3 Å². The summed E-state index contributed by atoms with van der Waals surface area (Å²) < 4.78 is 5.34. The number of ether oxygens (including phenoxy) is 1. The van der Waals surface area contributed by atoms with E-state index in [2.05, 4.69) is 6.92 Å².